The van der Waals surface area contributed by atoms with Crippen molar-refractivity contribution in [1.82, 2.24) is 0 Å². The van der Waals surface area contributed by atoms with Crippen LogP contribution in [-0.2, 0) is 20.9 Å². The highest BCUT2D eigenvalue weighted by molar-refractivity contribution is 5.74. The predicted molar refractivity (Wildman–Crippen MR) is 55.2 cm³/mol. The quantitative estimate of drug-likeness (QED) is 0.704. The molecule has 0 aromatic heterocycles. The zero-order valence-corrected chi connectivity index (χ0v) is 8.52. The zero-order chi connectivity index (χ0) is 10.5. The van der Waals surface area contributed by atoms with Crippen LogP contribution in [0, 0.1) is 5.92 Å². The molecule has 0 bridgehead atoms. The van der Waals surface area contributed by atoms with Crippen molar-refractivity contribution in [3.8, 4) is 0 Å². The molecule has 0 saturated carbocycles. The highest BCUT2D eigenvalue weighted by Crippen LogP contribution is 2.15. The summed E-state index contributed by atoms with van der Waals surface area (Å²) in [6, 6.07) is 9.93. The lowest BCUT2D eigenvalue weighted by Gasteiger charge is -2.06. The second kappa shape index (κ2) is 4.94. The summed E-state index contributed by atoms with van der Waals surface area (Å²) >= 11 is 0. The number of cyclic esters (lactones) is 1. The summed E-state index contributed by atoms with van der Waals surface area (Å²) in [6.45, 7) is 1.57. The lowest BCUT2D eigenvalue weighted by Crippen LogP contribution is -2.14. The lowest BCUT2D eigenvalue weighted by atomic mass is 10.1. The minimum absolute atomic E-state index is 0.0614. The Kier molecular flexibility index (Phi) is 3.35. The van der Waals surface area contributed by atoms with E-state index in [1.165, 1.54) is 0 Å². The SMILES string of the molecule is O=C1OCCC1COCc1ccccc1. The Morgan fingerprint density at radius 1 is 1.33 bits per heavy atom. The summed E-state index contributed by atoms with van der Waals surface area (Å²) in [4.78, 5) is 11.1. The van der Waals surface area contributed by atoms with Gasteiger partial charge in [0.2, 0.25) is 0 Å². The van der Waals surface area contributed by atoms with Gasteiger partial charge in [0.1, 0.15) is 0 Å². The van der Waals surface area contributed by atoms with Gasteiger partial charge in [-0.1, -0.05) is 30.3 Å². The number of benzene rings is 1. The van der Waals surface area contributed by atoms with Gasteiger partial charge in [0.15, 0.2) is 0 Å². The first-order valence-electron chi connectivity index (χ1n) is 5.14. The van der Waals surface area contributed by atoms with Crippen molar-refractivity contribution in [3.63, 3.8) is 0 Å². The van der Waals surface area contributed by atoms with E-state index < -0.39 is 0 Å². The van der Waals surface area contributed by atoms with Crippen LogP contribution in [0.4, 0.5) is 0 Å². The van der Waals surface area contributed by atoms with E-state index in [0.29, 0.717) is 19.8 Å². The molecule has 1 unspecified atom stereocenters. The van der Waals surface area contributed by atoms with Crippen LogP contribution in [-0.4, -0.2) is 19.2 Å². The third-order valence-electron chi connectivity index (χ3n) is 2.47. The summed E-state index contributed by atoms with van der Waals surface area (Å²) in [6.07, 6.45) is 0.785. The average Bonchev–Trinajstić information content (AvgIpc) is 2.66. The van der Waals surface area contributed by atoms with Gasteiger partial charge < -0.3 is 9.47 Å². The highest BCUT2D eigenvalue weighted by Gasteiger charge is 2.26. The molecule has 0 radical (unpaired) electrons. The van der Waals surface area contributed by atoms with Gasteiger partial charge >= 0.3 is 5.97 Å². The van der Waals surface area contributed by atoms with Crippen molar-refractivity contribution >= 4 is 5.97 Å². The van der Waals surface area contributed by atoms with Crippen LogP contribution in [0.3, 0.4) is 0 Å². The molecule has 0 N–H and O–H groups in total. The summed E-state index contributed by atoms with van der Waals surface area (Å²) in [5.41, 5.74) is 1.13. The molecule has 1 aromatic rings. The van der Waals surface area contributed by atoms with E-state index in [1.807, 2.05) is 30.3 Å². The Bertz CT molecular complexity index is 321. The van der Waals surface area contributed by atoms with E-state index in [1.54, 1.807) is 0 Å². The van der Waals surface area contributed by atoms with E-state index in [9.17, 15) is 4.79 Å². The number of hydrogen-bond donors (Lipinski definition) is 0. The first kappa shape index (κ1) is 10.2. The largest absolute Gasteiger partial charge is 0.465 e. The van der Waals surface area contributed by atoms with Crippen LogP contribution >= 0.6 is 0 Å². The van der Waals surface area contributed by atoms with Gasteiger partial charge in [0.25, 0.3) is 0 Å². The molecule has 0 spiro atoms. The molecule has 15 heavy (non-hydrogen) atoms. The maximum absolute atomic E-state index is 11.1. The molecule has 1 fully saturated rings. The maximum Gasteiger partial charge on any atom is 0.311 e. The molecule has 1 atom stereocenters. The maximum atomic E-state index is 11.1. The van der Waals surface area contributed by atoms with Crippen molar-refractivity contribution < 1.29 is 14.3 Å². The molecule has 80 valence electrons. The zero-order valence-electron chi connectivity index (χ0n) is 8.52. The molecule has 1 aliphatic rings. The van der Waals surface area contributed by atoms with E-state index in [2.05, 4.69) is 0 Å². The van der Waals surface area contributed by atoms with E-state index in [0.717, 1.165) is 12.0 Å². The first-order valence-corrected chi connectivity index (χ1v) is 5.14. The molecule has 1 aliphatic heterocycles. The second-order valence-electron chi connectivity index (χ2n) is 3.65. The van der Waals surface area contributed by atoms with Crippen molar-refractivity contribution in [1.29, 1.82) is 0 Å². The Balaban J connectivity index is 1.73. The van der Waals surface area contributed by atoms with Crippen LogP contribution in [0.2, 0.25) is 0 Å². The van der Waals surface area contributed by atoms with E-state index in [4.69, 9.17) is 9.47 Å². The third-order valence-corrected chi connectivity index (χ3v) is 2.47. The van der Waals surface area contributed by atoms with Crippen LogP contribution in [0.1, 0.15) is 12.0 Å². The minimum atomic E-state index is -0.122. The fourth-order valence-electron chi connectivity index (χ4n) is 1.58. The molecule has 1 aromatic carbocycles. The number of esters is 1. The molecule has 2 rings (SSSR count). The lowest BCUT2D eigenvalue weighted by molar-refractivity contribution is -0.142. The molecule has 1 heterocycles. The molecule has 1 saturated heterocycles. The van der Waals surface area contributed by atoms with Gasteiger partial charge in [-0.2, -0.15) is 0 Å². The van der Waals surface area contributed by atoms with Crippen LogP contribution in [0.5, 0.6) is 0 Å². The molecular formula is C12H14O3. The summed E-state index contributed by atoms with van der Waals surface area (Å²) in [7, 11) is 0. The number of carbonyl (C=O) groups is 1. The van der Waals surface area contributed by atoms with E-state index in [-0.39, 0.29) is 11.9 Å². The number of carbonyl (C=O) groups excluding carboxylic acids is 1. The summed E-state index contributed by atoms with van der Waals surface area (Å²) in [5.74, 6) is -0.184. The predicted octanol–water partition coefficient (Wildman–Crippen LogP) is 1.77. The van der Waals surface area contributed by atoms with Crippen LogP contribution in [0.15, 0.2) is 30.3 Å². The Labute approximate surface area is 89.0 Å². The minimum Gasteiger partial charge on any atom is -0.465 e. The Morgan fingerprint density at radius 2 is 2.13 bits per heavy atom. The highest BCUT2D eigenvalue weighted by atomic mass is 16.5. The van der Waals surface area contributed by atoms with Crippen molar-refractivity contribution in [2.45, 2.75) is 13.0 Å². The van der Waals surface area contributed by atoms with Crippen molar-refractivity contribution in [2.24, 2.45) is 5.92 Å². The topological polar surface area (TPSA) is 35.5 Å². The fraction of sp³-hybridized carbons (Fsp3) is 0.417. The summed E-state index contributed by atoms with van der Waals surface area (Å²) < 4.78 is 10.3. The Morgan fingerprint density at radius 3 is 2.80 bits per heavy atom. The van der Waals surface area contributed by atoms with Gasteiger partial charge in [-0.25, -0.2) is 0 Å². The monoisotopic (exact) mass is 206 g/mol. The fourth-order valence-corrected chi connectivity index (χ4v) is 1.58. The number of rotatable bonds is 4. The van der Waals surface area contributed by atoms with Crippen molar-refractivity contribution in [2.75, 3.05) is 13.2 Å². The molecule has 3 heteroatoms. The molecule has 0 amide bonds. The van der Waals surface area contributed by atoms with Gasteiger partial charge in [0, 0.05) is 0 Å². The number of ether oxygens (including phenoxy) is 2. The summed E-state index contributed by atoms with van der Waals surface area (Å²) in [5, 5.41) is 0. The molecule has 0 aliphatic carbocycles. The third kappa shape index (κ3) is 2.80. The average molecular weight is 206 g/mol. The van der Waals surface area contributed by atoms with Gasteiger partial charge in [-0.05, 0) is 12.0 Å². The normalized spacial score (nSPS) is 20.3. The molecular weight excluding hydrogens is 192 g/mol. The van der Waals surface area contributed by atoms with Crippen molar-refractivity contribution in [3.05, 3.63) is 35.9 Å². The first-order chi connectivity index (χ1) is 7.36. The Hall–Kier alpha value is -1.35. The molecule has 3 nitrogen and oxygen atoms in total. The smallest absolute Gasteiger partial charge is 0.311 e. The van der Waals surface area contributed by atoms with Crippen LogP contribution < -0.4 is 0 Å². The van der Waals surface area contributed by atoms with Gasteiger partial charge in [-0.3, -0.25) is 4.79 Å². The van der Waals surface area contributed by atoms with Gasteiger partial charge in [0.05, 0.1) is 25.7 Å². The van der Waals surface area contributed by atoms with Crippen LogP contribution in [0.25, 0.3) is 0 Å². The second-order valence-corrected chi connectivity index (χ2v) is 3.65. The number of hydrogen-bond acceptors (Lipinski definition) is 3. The van der Waals surface area contributed by atoms with Gasteiger partial charge in [-0.15, -0.1) is 0 Å². The standard InChI is InChI=1S/C12H14O3/c13-12-11(6-7-15-12)9-14-8-10-4-2-1-3-5-10/h1-5,11H,6-9H2. The van der Waals surface area contributed by atoms with E-state index >= 15 is 0 Å².